The smallest absolute Gasteiger partial charge is 0.249 e. The summed E-state index contributed by atoms with van der Waals surface area (Å²) in [5.41, 5.74) is -0.345. The normalized spacial score (nSPS) is 24.1. The highest BCUT2D eigenvalue weighted by Gasteiger charge is 2.41. The molecule has 2 aliphatic rings. The van der Waals surface area contributed by atoms with Gasteiger partial charge in [-0.05, 0) is 12.5 Å². The van der Waals surface area contributed by atoms with E-state index in [0.717, 1.165) is 11.1 Å². The number of benzene rings is 1. The standard InChI is InChI=1S/C20H19F4N5O2S/c1-32(31)18-8-17(25-10-26-18)28-5-3-12(15(23)9-28)20(30)29-16(2-4-27-29)13-6-11(21)7-14(22)19(13)24/h4,6-8,10,12,15-16H,2-3,5,9H2,1H3/t12-,15+,16+,32-/m0/s1. The van der Waals surface area contributed by atoms with Gasteiger partial charge >= 0.3 is 0 Å². The number of carbonyl (C=O) groups excluding carboxylic acids is 1. The predicted octanol–water partition coefficient (Wildman–Crippen LogP) is 2.76. The lowest BCUT2D eigenvalue weighted by Crippen LogP contribution is -2.48. The van der Waals surface area contributed by atoms with E-state index < -0.39 is 52.3 Å². The maximum Gasteiger partial charge on any atom is 0.249 e. The van der Waals surface area contributed by atoms with Crippen molar-refractivity contribution in [1.82, 2.24) is 15.0 Å². The number of nitrogens with zero attached hydrogens (tertiary/aromatic N) is 5. The number of amides is 1. The molecule has 0 saturated carbocycles. The Morgan fingerprint density at radius 2 is 1.97 bits per heavy atom. The van der Waals surface area contributed by atoms with Crippen molar-refractivity contribution in [2.24, 2.45) is 11.0 Å². The summed E-state index contributed by atoms with van der Waals surface area (Å²) in [4.78, 5) is 22.7. The van der Waals surface area contributed by atoms with Gasteiger partial charge in [-0.1, -0.05) is 0 Å². The van der Waals surface area contributed by atoms with Crippen LogP contribution in [0.15, 0.2) is 34.7 Å². The topological polar surface area (TPSA) is 78.8 Å². The lowest BCUT2D eigenvalue weighted by atomic mass is 9.92. The Morgan fingerprint density at radius 3 is 2.69 bits per heavy atom. The molecule has 0 radical (unpaired) electrons. The molecule has 2 aliphatic heterocycles. The van der Waals surface area contributed by atoms with E-state index in [0.29, 0.717) is 16.9 Å². The Hall–Kier alpha value is -2.89. The van der Waals surface area contributed by atoms with Crippen LogP contribution < -0.4 is 4.90 Å². The first-order valence-electron chi connectivity index (χ1n) is 9.80. The lowest BCUT2D eigenvalue weighted by Gasteiger charge is -2.36. The van der Waals surface area contributed by atoms with E-state index >= 15 is 4.39 Å². The zero-order valence-electron chi connectivity index (χ0n) is 16.9. The van der Waals surface area contributed by atoms with Gasteiger partial charge in [-0.15, -0.1) is 0 Å². The second-order valence-electron chi connectivity index (χ2n) is 7.55. The van der Waals surface area contributed by atoms with E-state index in [9.17, 15) is 22.2 Å². The largest absolute Gasteiger partial charge is 0.354 e. The average molecular weight is 469 g/mol. The van der Waals surface area contributed by atoms with Crippen LogP contribution in [0.4, 0.5) is 23.4 Å². The van der Waals surface area contributed by atoms with Crippen molar-refractivity contribution in [2.45, 2.75) is 30.1 Å². The summed E-state index contributed by atoms with van der Waals surface area (Å²) in [5, 5.41) is 5.14. The Bertz CT molecular complexity index is 1100. The van der Waals surface area contributed by atoms with E-state index in [1.807, 2.05) is 0 Å². The third-order valence-corrected chi connectivity index (χ3v) is 6.35. The van der Waals surface area contributed by atoms with E-state index in [1.165, 1.54) is 24.9 Å². The van der Waals surface area contributed by atoms with Crippen molar-refractivity contribution >= 4 is 28.7 Å². The van der Waals surface area contributed by atoms with Gasteiger partial charge in [0, 0.05) is 43.1 Å². The summed E-state index contributed by atoms with van der Waals surface area (Å²) in [6.45, 7) is 0.142. The number of hydrogen-bond acceptors (Lipinski definition) is 6. The van der Waals surface area contributed by atoms with Crippen LogP contribution in [-0.2, 0) is 15.6 Å². The molecule has 0 aliphatic carbocycles. The van der Waals surface area contributed by atoms with E-state index in [4.69, 9.17) is 0 Å². The molecule has 1 fully saturated rings. The summed E-state index contributed by atoms with van der Waals surface area (Å²) in [6.07, 6.45) is 2.63. The molecule has 12 heteroatoms. The summed E-state index contributed by atoms with van der Waals surface area (Å²) in [7, 11) is -1.33. The molecule has 32 heavy (non-hydrogen) atoms. The van der Waals surface area contributed by atoms with E-state index in [-0.39, 0.29) is 31.5 Å². The molecule has 1 saturated heterocycles. The van der Waals surface area contributed by atoms with Gasteiger partial charge in [0.15, 0.2) is 11.6 Å². The molecule has 170 valence electrons. The van der Waals surface area contributed by atoms with Gasteiger partial charge in [-0.3, -0.25) is 9.00 Å². The van der Waals surface area contributed by atoms with E-state index in [2.05, 4.69) is 15.1 Å². The number of hydrazone groups is 1. The minimum atomic E-state index is -1.59. The van der Waals surface area contributed by atoms with Crippen LogP contribution in [-0.4, -0.2) is 56.8 Å². The highest BCUT2D eigenvalue weighted by Crippen LogP contribution is 2.35. The van der Waals surface area contributed by atoms with Crippen LogP contribution in [0.2, 0.25) is 0 Å². The van der Waals surface area contributed by atoms with Crippen LogP contribution in [0.25, 0.3) is 0 Å². The number of alkyl halides is 1. The first kappa shape index (κ1) is 22.3. The quantitative estimate of drug-likeness (QED) is 0.391. The van der Waals surface area contributed by atoms with Gasteiger partial charge in [0.25, 0.3) is 0 Å². The Balaban J connectivity index is 1.50. The third-order valence-electron chi connectivity index (χ3n) is 5.54. The molecule has 1 amide bonds. The molecule has 4 atom stereocenters. The van der Waals surface area contributed by atoms with Gasteiger partial charge in [-0.25, -0.2) is 32.5 Å². The molecule has 0 unspecified atom stereocenters. The molecule has 0 N–H and O–H groups in total. The zero-order valence-corrected chi connectivity index (χ0v) is 17.7. The van der Waals surface area contributed by atoms with Gasteiger partial charge in [0.1, 0.15) is 29.2 Å². The van der Waals surface area contributed by atoms with Crippen LogP contribution in [0.3, 0.4) is 0 Å². The molecular formula is C20H19F4N5O2S. The molecule has 0 bridgehead atoms. The minimum absolute atomic E-state index is 0.0548. The summed E-state index contributed by atoms with van der Waals surface area (Å²) < 4.78 is 68.3. The average Bonchev–Trinajstić information content (AvgIpc) is 3.25. The van der Waals surface area contributed by atoms with Crippen molar-refractivity contribution in [3.05, 3.63) is 47.5 Å². The number of hydrogen-bond donors (Lipinski definition) is 0. The van der Waals surface area contributed by atoms with Gasteiger partial charge in [0.2, 0.25) is 5.91 Å². The second-order valence-corrected chi connectivity index (χ2v) is 8.88. The van der Waals surface area contributed by atoms with Crippen molar-refractivity contribution in [3.63, 3.8) is 0 Å². The predicted molar refractivity (Wildman–Crippen MR) is 109 cm³/mol. The number of piperidine rings is 1. The summed E-state index contributed by atoms with van der Waals surface area (Å²) in [5.74, 6) is -4.96. The van der Waals surface area contributed by atoms with Crippen molar-refractivity contribution in [2.75, 3.05) is 24.2 Å². The van der Waals surface area contributed by atoms with Crippen LogP contribution in [0, 0.1) is 23.4 Å². The van der Waals surface area contributed by atoms with Crippen LogP contribution in [0.1, 0.15) is 24.4 Å². The number of anilines is 1. The SMILES string of the molecule is C[S@](=O)c1cc(N2CC[C@H](C(=O)N3N=CC[C@@H]3c3cc(F)cc(F)c3F)[C@H](F)C2)ncn1. The molecule has 2 aromatic rings. The van der Waals surface area contributed by atoms with E-state index in [1.54, 1.807) is 4.90 Å². The fourth-order valence-corrected chi connectivity index (χ4v) is 4.39. The second kappa shape index (κ2) is 8.93. The highest BCUT2D eigenvalue weighted by atomic mass is 32.2. The van der Waals surface area contributed by atoms with Crippen LogP contribution in [0.5, 0.6) is 0 Å². The first-order chi connectivity index (χ1) is 15.3. The number of aromatic nitrogens is 2. The first-order valence-corrected chi connectivity index (χ1v) is 11.4. The van der Waals surface area contributed by atoms with Gasteiger partial charge < -0.3 is 4.90 Å². The van der Waals surface area contributed by atoms with Crippen LogP contribution >= 0.6 is 0 Å². The zero-order chi connectivity index (χ0) is 23.0. The van der Waals surface area contributed by atoms with Crippen molar-refractivity contribution in [3.8, 4) is 0 Å². The fraction of sp³-hybridized carbons (Fsp3) is 0.400. The van der Waals surface area contributed by atoms with Gasteiger partial charge in [0.05, 0.1) is 29.3 Å². The lowest BCUT2D eigenvalue weighted by molar-refractivity contribution is -0.140. The summed E-state index contributed by atoms with van der Waals surface area (Å²) >= 11 is 0. The molecule has 3 heterocycles. The Kier molecular flexibility index (Phi) is 6.22. The monoisotopic (exact) mass is 469 g/mol. The number of carbonyl (C=O) groups is 1. The molecule has 4 rings (SSSR count). The van der Waals surface area contributed by atoms with Gasteiger partial charge in [-0.2, -0.15) is 5.10 Å². The third kappa shape index (κ3) is 4.23. The molecule has 0 spiro atoms. The number of halogens is 4. The molecule has 7 nitrogen and oxygen atoms in total. The molecule has 1 aromatic heterocycles. The maximum atomic E-state index is 15.0. The highest BCUT2D eigenvalue weighted by molar-refractivity contribution is 7.84. The minimum Gasteiger partial charge on any atom is -0.354 e. The van der Waals surface area contributed by atoms with Crippen molar-refractivity contribution in [1.29, 1.82) is 0 Å². The maximum absolute atomic E-state index is 15.0. The fourth-order valence-electron chi connectivity index (χ4n) is 3.92. The van der Waals surface area contributed by atoms with Crippen molar-refractivity contribution < 1.29 is 26.6 Å². The molecular weight excluding hydrogens is 450 g/mol. The number of rotatable bonds is 4. The Morgan fingerprint density at radius 1 is 1.19 bits per heavy atom. The Labute approximate surface area is 183 Å². The summed E-state index contributed by atoms with van der Waals surface area (Å²) in [6, 6.07) is 1.69. The molecule has 1 aromatic carbocycles.